The van der Waals surface area contributed by atoms with E-state index in [9.17, 15) is 8.42 Å². The zero-order valence-corrected chi connectivity index (χ0v) is 18.5. The van der Waals surface area contributed by atoms with Gasteiger partial charge in [0.05, 0.1) is 10.6 Å². The molecule has 1 aromatic carbocycles. The lowest BCUT2D eigenvalue weighted by Crippen LogP contribution is -2.38. The van der Waals surface area contributed by atoms with E-state index in [4.69, 9.17) is 5.10 Å². The average Bonchev–Trinajstić information content (AvgIpc) is 3.46. The molecule has 2 aliphatic rings. The van der Waals surface area contributed by atoms with Gasteiger partial charge in [0.1, 0.15) is 0 Å². The van der Waals surface area contributed by atoms with Crippen molar-refractivity contribution < 1.29 is 8.42 Å². The Labute approximate surface area is 177 Å². The molecular formula is C22H27N5O2S. The molecule has 5 rings (SSSR count). The Morgan fingerprint density at radius 1 is 0.900 bits per heavy atom. The molecule has 0 bridgehead atoms. The van der Waals surface area contributed by atoms with Crippen LogP contribution in [0.1, 0.15) is 65.7 Å². The first kappa shape index (κ1) is 19.6. The van der Waals surface area contributed by atoms with Crippen LogP contribution in [0.2, 0.25) is 0 Å². The molecule has 0 atom stereocenters. The van der Waals surface area contributed by atoms with Gasteiger partial charge in [-0.25, -0.2) is 8.42 Å². The number of hydrogen-bond acceptors (Lipinski definition) is 5. The van der Waals surface area contributed by atoms with E-state index in [0.29, 0.717) is 23.9 Å². The van der Waals surface area contributed by atoms with Gasteiger partial charge in [0, 0.05) is 24.9 Å². The van der Waals surface area contributed by atoms with E-state index in [1.807, 2.05) is 49.6 Å². The van der Waals surface area contributed by atoms with Crippen LogP contribution in [0.5, 0.6) is 0 Å². The van der Waals surface area contributed by atoms with E-state index >= 15 is 0 Å². The van der Waals surface area contributed by atoms with E-state index in [2.05, 4.69) is 10.2 Å². The van der Waals surface area contributed by atoms with Gasteiger partial charge in [0.15, 0.2) is 11.5 Å². The first-order chi connectivity index (χ1) is 14.3. The second-order valence-electron chi connectivity index (χ2n) is 8.77. The Kier molecular flexibility index (Phi) is 4.67. The molecule has 0 radical (unpaired) electrons. The average molecular weight is 426 g/mol. The van der Waals surface area contributed by atoms with Gasteiger partial charge in [-0.15, -0.1) is 10.2 Å². The minimum absolute atomic E-state index is 0.161. The molecule has 0 spiro atoms. The van der Waals surface area contributed by atoms with E-state index in [-0.39, 0.29) is 5.92 Å². The van der Waals surface area contributed by atoms with E-state index in [0.717, 1.165) is 46.7 Å². The number of hydrogen-bond donors (Lipinski definition) is 0. The molecule has 3 aromatic rings. The lowest BCUT2D eigenvalue weighted by molar-refractivity contribution is 0.311. The number of aryl methyl sites for hydroxylation is 3. The molecular weight excluding hydrogens is 398 g/mol. The topological polar surface area (TPSA) is 80.5 Å². The molecule has 1 saturated carbocycles. The predicted octanol–water partition coefficient (Wildman–Crippen LogP) is 3.50. The molecule has 158 valence electrons. The number of sulfonamides is 1. The maximum Gasteiger partial charge on any atom is 0.243 e. The Morgan fingerprint density at radius 3 is 2.20 bits per heavy atom. The molecule has 8 heteroatoms. The smallest absolute Gasteiger partial charge is 0.207 e. The van der Waals surface area contributed by atoms with Gasteiger partial charge in [-0.1, -0.05) is 17.7 Å². The highest BCUT2D eigenvalue weighted by atomic mass is 32.2. The summed E-state index contributed by atoms with van der Waals surface area (Å²) in [5.41, 5.74) is 4.58. The molecule has 2 aromatic heterocycles. The molecule has 0 amide bonds. The molecule has 1 aliphatic carbocycles. The number of fused-ring (bicyclic) bond motifs is 1. The Morgan fingerprint density at radius 2 is 1.57 bits per heavy atom. The zero-order chi connectivity index (χ0) is 21.0. The van der Waals surface area contributed by atoms with Crippen molar-refractivity contribution in [1.29, 1.82) is 0 Å². The van der Waals surface area contributed by atoms with Gasteiger partial charge >= 0.3 is 0 Å². The van der Waals surface area contributed by atoms with Gasteiger partial charge in [-0.2, -0.15) is 13.9 Å². The minimum atomic E-state index is -3.51. The Hall–Kier alpha value is -2.32. The fraction of sp³-hybridized carbons (Fsp3) is 0.500. The van der Waals surface area contributed by atoms with Gasteiger partial charge < -0.3 is 0 Å². The van der Waals surface area contributed by atoms with Crippen LogP contribution in [-0.2, 0) is 10.0 Å². The first-order valence-electron chi connectivity index (χ1n) is 10.6. The monoisotopic (exact) mass is 425 g/mol. The summed E-state index contributed by atoms with van der Waals surface area (Å²) in [5, 5.41) is 13.5. The van der Waals surface area contributed by atoms with Crippen LogP contribution >= 0.6 is 0 Å². The largest absolute Gasteiger partial charge is 0.243 e. The zero-order valence-electron chi connectivity index (χ0n) is 17.7. The van der Waals surface area contributed by atoms with Crippen molar-refractivity contribution in [1.82, 2.24) is 24.1 Å². The maximum atomic E-state index is 13.4. The van der Waals surface area contributed by atoms with Crippen LogP contribution in [0, 0.1) is 20.8 Å². The summed E-state index contributed by atoms with van der Waals surface area (Å²) in [6.07, 6.45) is 3.84. The third-order valence-electron chi connectivity index (χ3n) is 6.32. The van der Waals surface area contributed by atoms with Crippen molar-refractivity contribution in [2.75, 3.05) is 13.1 Å². The number of rotatable bonds is 4. The third kappa shape index (κ3) is 3.32. The number of benzene rings is 1. The predicted molar refractivity (Wildman–Crippen MR) is 114 cm³/mol. The second-order valence-corrected chi connectivity index (χ2v) is 10.6. The first-order valence-corrected chi connectivity index (χ1v) is 12.1. The summed E-state index contributed by atoms with van der Waals surface area (Å²) in [6, 6.07) is 7.92. The number of piperidine rings is 1. The molecule has 1 saturated heterocycles. The van der Waals surface area contributed by atoms with Crippen LogP contribution in [0.25, 0.3) is 5.65 Å². The van der Waals surface area contributed by atoms with Crippen LogP contribution < -0.4 is 0 Å². The molecule has 1 aliphatic heterocycles. The highest BCUT2D eigenvalue weighted by molar-refractivity contribution is 7.89. The van der Waals surface area contributed by atoms with Crippen molar-refractivity contribution in [3.05, 3.63) is 52.5 Å². The lowest BCUT2D eigenvalue weighted by atomic mass is 9.97. The lowest BCUT2D eigenvalue weighted by Gasteiger charge is -2.31. The van der Waals surface area contributed by atoms with Gasteiger partial charge in [-0.05, 0) is 69.7 Å². The van der Waals surface area contributed by atoms with Crippen molar-refractivity contribution in [2.45, 2.75) is 63.2 Å². The Bertz CT molecular complexity index is 1200. The van der Waals surface area contributed by atoms with Crippen molar-refractivity contribution in [3.8, 4) is 0 Å². The minimum Gasteiger partial charge on any atom is -0.207 e. The summed E-state index contributed by atoms with van der Waals surface area (Å²) in [7, 11) is -3.51. The standard InChI is InChI=1S/C22H27N5O2S/c1-14-12-15(2)21(16(3)13-14)30(28,29)26-10-8-18(9-11-26)22-24-23-20-7-6-19(17-4-5-17)25-27(20)22/h6-7,12-13,17-18H,4-5,8-11H2,1-3H3. The van der Waals surface area contributed by atoms with Crippen LogP contribution in [-0.4, -0.2) is 45.6 Å². The quantitative estimate of drug-likeness (QED) is 0.639. The molecule has 0 unspecified atom stereocenters. The highest BCUT2D eigenvalue weighted by Gasteiger charge is 2.34. The molecule has 3 heterocycles. The summed E-state index contributed by atoms with van der Waals surface area (Å²) < 4.78 is 30.2. The number of aromatic nitrogens is 4. The van der Waals surface area contributed by atoms with Crippen LogP contribution in [0.4, 0.5) is 0 Å². The maximum absolute atomic E-state index is 13.4. The van der Waals surface area contributed by atoms with Gasteiger partial charge in [0.2, 0.25) is 10.0 Å². The van der Waals surface area contributed by atoms with Crippen LogP contribution in [0.3, 0.4) is 0 Å². The summed E-state index contributed by atoms with van der Waals surface area (Å²) in [5.74, 6) is 1.58. The summed E-state index contributed by atoms with van der Waals surface area (Å²) in [6.45, 7) is 6.72. The molecule has 30 heavy (non-hydrogen) atoms. The molecule has 7 nitrogen and oxygen atoms in total. The van der Waals surface area contributed by atoms with E-state index < -0.39 is 10.0 Å². The van der Waals surface area contributed by atoms with Crippen molar-refractivity contribution in [2.24, 2.45) is 0 Å². The van der Waals surface area contributed by atoms with Crippen LogP contribution in [0.15, 0.2) is 29.2 Å². The fourth-order valence-corrected chi connectivity index (χ4v) is 6.61. The van der Waals surface area contributed by atoms with E-state index in [1.54, 1.807) is 4.31 Å². The fourth-order valence-electron chi connectivity index (χ4n) is 4.73. The number of nitrogens with zero attached hydrogens (tertiary/aromatic N) is 5. The Balaban J connectivity index is 1.38. The highest BCUT2D eigenvalue weighted by Crippen LogP contribution is 2.39. The summed E-state index contributed by atoms with van der Waals surface area (Å²) in [4.78, 5) is 0.454. The van der Waals surface area contributed by atoms with Gasteiger partial charge in [-0.3, -0.25) is 0 Å². The van der Waals surface area contributed by atoms with Gasteiger partial charge in [0.25, 0.3) is 0 Å². The molecule has 0 N–H and O–H groups in total. The van der Waals surface area contributed by atoms with Crippen molar-refractivity contribution >= 4 is 15.7 Å². The molecule has 2 fully saturated rings. The van der Waals surface area contributed by atoms with Crippen molar-refractivity contribution in [3.63, 3.8) is 0 Å². The SMILES string of the molecule is Cc1cc(C)c(S(=O)(=O)N2CCC(c3nnc4ccc(C5CC5)nn34)CC2)c(C)c1. The summed E-state index contributed by atoms with van der Waals surface area (Å²) >= 11 is 0. The van der Waals surface area contributed by atoms with E-state index in [1.165, 1.54) is 12.8 Å². The third-order valence-corrected chi connectivity index (χ3v) is 8.53. The normalized spacial score (nSPS) is 18.9. The second kappa shape index (κ2) is 7.13.